The number of hydrogen-bond donors (Lipinski definition) is 6. The van der Waals surface area contributed by atoms with E-state index in [1.807, 2.05) is 0 Å². The van der Waals surface area contributed by atoms with Crippen molar-refractivity contribution in [3.63, 3.8) is 0 Å². The number of hydrogen-bond acceptors (Lipinski definition) is 6. The van der Waals surface area contributed by atoms with Gasteiger partial charge < -0.3 is 36.9 Å². The second-order valence-electron chi connectivity index (χ2n) is 0. The molecular formula is H23Cl5N6. The Bertz CT molecular complexity index is 10.9. The lowest BCUT2D eigenvalue weighted by Gasteiger charge is -0.345. The van der Waals surface area contributed by atoms with Crippen LogP contribution in [0.15, 0.2) is 0 Å². The van der Waals surface area contributed by atoms with E-state index in [0.29, 0.717) is 0 Å². The van der Waals surface area contributed by atoms with Gasteiger partial charge in [-0.1, -0.05) is 0 Å². The first-order chi connectivity index (χ1) is 0. The van der Waals surface area contributed by atoms with Gasteiger partial charge in [0.1, 0.15) is 0 Å². The van der Waals surface area contributed by atoms with Crippen molar-refractivity contribution in [2.75, 3.05) is 0 Å². The molecule has 11 heteroatoms. The third-order valence-corrected chi connectivity index (χ3v) is 0. The molecule has 0 saturated heterocycles. The Kier molecular flexibility index (Phi) is 76000. The molecule has 0 rings (SSSR count). The molecule has 0 atom stereocenters. The zero-order chi connectivity index (χ0) is 0. The molecule has 0 fully saturated rings. The van der Waals surface area contributed by atoms with Crippen LogP contribution in [0, 0.1) is 0 Å². The highest BCUT2D eigenvalue weighted by atomic mass is 35.5. The van der Waals surface area contributed by atoms with Gasteiger partial charge in [0.2, 0.25) is 0 Å². The molecule has 88 valence electrons. The van der Waals surface area contributed by atoms with Crippen LogP contribution in [0.5, 0.6) is 0 Å². The first-order valence-corrected chi connectivity index (χ1v) is 0. The van der Waals surface area contributed by atoms with Crippen LogP contribution in [-0.4, -0.2) is 0 Å². The standard InChI is InChI=1S/5ClH.6H3N/h5*1H;6*1H3. The molecule has 0 amide bonds. The van der Waals surface area contributed by atoms with Crippen LogP contribution in [0.4, 0.5) is 0 Å². The average molecular weight is 284 g/mol. The summed E-state index contributed by atoms with van der Waals surface area (Å²) in [7, 11) is 0. The molecule has 0 saturated carbocycles. The molecule has 0 aliphatic heterocycles. The molecule has 0 aromatic rings. The topological polar surface area (TPSA) is 210 Å². The zero-order valence-electron chi connectivity index (χ0n) is 6.28. The molecule has 11 heavy (non-hydrogen) atoms. The van der Waals surface area contributed by atoms with E-state index in [0.717, 1.165) is 0 Å². The van der Waals surface area contributed by atoms with Gasteiger partial charge >= 0.3 is 0 Å². The minimum Gasteiger partial charge on any atom is -0.344 e. The number of halogens is 5. The Morgan fingerprint density at radius 3 is 0.182 bits per heavy atom. The molecular weight excluding hydrogens is 261 g/mol. The maximum atomic E-state index is 0. The second-order valence-corrected chi connectivity index (χ2v) is 0. The summed E-state index contributed by atoms with van der Waals surface area (Å²) in [5, 5.41) is 0. The largest absolute Gasteiger partial charge is 0.344 e. The van der Waals surface area contributed by atoms with Gasteiger partial charge in [-0.3, -0.25) is 0 Å². The van der Waals surface area contributed by atoms with E-state index in [9.17, 15) is 0 Å². The Hall–Kier alpha value is 1.21. The summed E-state index contributed by atoms with van der Waals surface area (Å²) < 4.78 is 0. The van der Waals surface area contributed by atoms with E-state index in [2.05, 4.69) is 0 Å². The summed E-state index contributed by atoms with van der Waals surface area (Å²) in [4.78, 5) is 0. The molecule has 0 aliphatic carbocycles. The molecule has 0 spiro atoms. The summed E-state index contributed by atoms with van der Waals surface area (Å²) >= 11 is 0. The minimum absolute atomic E-state index is 0. The SMILES string of the molecule is Cl.Cl.Cl.Cl.Cl.N.N.N.N.N.N. The fraction of sp³-hybridized carbons (Fsp3) is 0. The predicted octanol–water partition coefficient (Wildman–Crippen LogP) is 3.08. The highest BCUT2D eigenvalue weighted by Gasteiger charge is -0.142. The maximum absolute atomic E-state index is 0. The predicted molar refractivity (Wildman–Crippen MR) is 66.4 cm³/mol. The fourth-order valence-corrected chi connectivity index (χ4v) is 0. The van der Waals surface area contributed by atoms with Crippen molar-refractivity contribution in [1.82, 2.24) is 36.9 Å². The van der Waals surface area contributed by atoms with E-state index >= 15 is 0 Å². The van der Waals surface area contributed by atoms with Crippen LogP contribution >= 0.6 is 62.0 Å². The van der Waals surface area contributed by atoms with E-state index in [4.69, 9.17) is 0 Å². The highest BCUT2D eigenvalue weighted by Crippen LogP contribution is 0.694. The first kappa shape index (κ1) is 1050. The van der Waals surface area contributed by atoms with E-state index in [-0.39, 0.29) is 98.9 Å². The average Bonchev–Trinajstić information content (AvgIpc) is 0. The van der Waals surface area contributed by atoms with Crippen LogP contribution in [0.2, 0.25) is 0 Å². The fourth-order valence-electron chi connectivity index (χ4n) is 0. The summed E-state index contributed by atoms with van der Waals surface area (Å²) in [6.07, 6.45) is 0. The zero-order valence-corrected chi connectivity index (χ0v) is 10.4. The van der Waals surface area contributed by atoms with Crippen LogP contribution in [0.25, 0.3) is 0 Å². The van der Waals surface area contributed by atoms with E-state index < -0.39 is 0 Å². The van der Waals surface area contributed by atoms with Crippen molar-refractivity contribution in [2.45, 2.75) is 0 Å². The number of rotatable bonds is 0. The van der Waals surface area contributed by atoms with Gasteiger partial charge in [-0.15, -0.1) is 62.0 Å². The lowest BCUT2D eigenvalue weighted by atomic mass is 14.0. The van der Waals surface area contributed by atoms with Crippen molar-refractivity contribution in [3.05, 3.63) is 0 Å². The smallest absolute Gasteiger partial charge is 0.147 e. The second kappa shape index (κ2) is 798. The van der Waals surface area contributed by atoms with Crippen molar-refractivity contribution in [3.8, 4) is 0 Å². The van der Waals surface area contributed by atoms with Crippen LogP contribution in [0.1, 0.15) is 0 Å². The van der Waals surface area contributed by atoms with Crippen LogP contribution < -0.4 is 36.9 Å². The Balaban J connectivity index is 0. The first-order valence-electron chi connectivity index (χ1n) is 0. The minimum atomic E-state index is 0. The lowest BCUT2D eigenvalue weighted by Crippen LogP contribution is -0.482. The van der Waals surface area contributed by atoms with Crippen molar-refractivity contribution in [1.29, 1.82) is 0 Å². The molecule has 18 N–H and O–H groups in total. The Morgan fingerprint density at radius 1 is 0.182 bits per heavy atom. The highest BCUT2D eigenvalue weighted by molar-refractivity contribution is 5.86. The van der Waals surface area contributed by atoms with Crippen molar-refractivity contribution in [2.24, 2.45) is 0 Å². The third kappa shape index (κ3) is 649. The summed E-state index contributed by atoms with van der Waals surface area (Å²) in [6, 6.07) is 0. The van der Waals surface area contributed by atoms with Crippen molar-refractivity contribution < 1.29 is 0 Å². The molecule has 0 bridgehead atoms. The van der Waals surface area contributed by atoms with E-state index in [1.165, 1.54) is 0 Å². The van der Waals surface area contributed by atoms with E-state index in [1.54, 1.807) is 0 Å². The summed E-state index contributed by atoms with van der Waals surface area (Å²) in [6.45, 7) is 0. The summed E-state index contributed by atoms with van der Waals surface area (Å²) in [5.74, 6) is 0. The normalized spacial score (nSPS) is 0. The van der Waals surface area contributed by atoms with Crippen LogP contribution in [-0.2, 0) is 0 Å². The van der Waals surface area contributed by atoms with Gasteiger partial charge in [-0.25, -0.2) is 0 Å². The Morgan fingerprint density at radius 2 is 0.182 bits per heavy atom. The van der Waals surface area contributed by atoms with Gasteiger partial charge in [0.15, 0.2) is 0 Å². The molecule has 0 unspecified atom stereocenters. The summed E-state index contributed by atoms with van der Waals surface area (Å²) in [5.41, 5.74) is 0. The quantitative estimate of drug-likeness (QED) is 0.393. The van der Waals surface area contributed by atoms with Gasteiger partial charge in [0.25, 0.3) is 0 Å². The third-order valence-electron chi connectivity index (χ3n) is 0. The Labute approximate surface area is 98.9 Å². The van der Waals surface area contributed by atoms with Gasteiger partial charge in [0.05, 0.1) is 0 Å². The van der Waals surface area contributed by atoms with Gasteiger partial charge in [-0.2, -0.15) is 0 Å². The van der Waals surface area contributed by atoms with Crippen molar-refractivity contribution >= 4 is 62.0 Å². The van der Waals surface area contributed by atoms with Gasteiger partial charge in [-0.05, 0) is 0 Å². The molecule has 0 aromatic heterocycles. The lowest BCUT2D eigenvalue weighted by molar-refractivity contribution is 2.13. The maximum Gasteiger partial charge on any atom is -0.147 e. The molecule has 0 aromatic carbocycles. The van der Waals surface area contributed by atoms with Gasteiger partial charge in [0, 0.05) is 0 Å². The molecule has 0 radical (unpaired) electrons. The molecule has 0 heterocycles. The monoisotopic (exact) mass is 282 g/mol. The molecule has 6 nitrogen and oxygen atoms in total. The van der Waals surface area contributed by atoms with Crippen LogP contribution in [0.3, 0.4) is 0 Å². The molecule has 0 aliphatic rings.